The Morgan fingerprint density at radius 1 is 1.11 bits per heavy atom. The van der Waals surface area contributed by atoms with E-state index in [1.54, 1.807) is 11.3 Å². The van der Waals surface area contributed by atoms with Gasteiger partial charge in [0.2, 0.25) is 0 Å². The minimum atomic E-state index is -4.30. The van der Waals surface area contributed by atoms with Crippen LogP contribution in [-0.2, 0) is 6.18 Å². The summed E-state index contributed by atoms with van der Waals surface area (Å²) < 4.78 is 39.3. The molecule has 0 N–H and O–H groups in total. The van der Waals surface area contributed by atoms with Gasteiger partial charge in [-0.15, -0.1) is 11.3 Å². The monoisotopic (exact) mass is 282 g/mol. The van der Waals surface area contributed by atoms with E-state index in [0.717, 1.165) is 22.0 Å². The largest absolute Gasteiger partial charge is 0.416 e. The van der Waals surface area contributed by atoms with Crippen LogP contribution in [0.15, 0.2) is 36.7 Å². The first kappa shape index (κ1) is 12.2. The average molecular weight is 282 g/mol. The van der Waals surface area contributed by atoms with Gasteiger partial charge >= 0.3 is 6.18 Å². The second-order valence-electron chi connectivity index (χ2n) is 4.23. The lowest BCUT2D eigenvalue weighted by atomic mass is 10.1. The fraction of sp³-hybridized carbons (Fsp3) is 0.154. The Morgan fingerprint density at radius 3 is 2.37 bits per heavy atom. The molecular formula is C13H9F3N2S. The number of thiazole rings is 1. The number of fused-ring (bicyclic) bond motifs is 1. The Kier molecular flexibility index (Phi) is 2.63. The molecule has 0 aliphatic rings. The quantitative estimate of drug-likeness (QED) is 0.647. The van der Waals surface area contributed by atoms with Gasteiger partial charge in [-0.25, -0.2) is 4.98 Å². The van der Waals surface area contributed by atoms with Gasteiger partial charge in [-0.1, -0.05) is 12.1 Å². The number of benzene rings is 1. The molecule has 0 saturated heterocycles. The van der Waals surface area contributed by atoms with E-state index >= 15 is 0 Å². The maximum atomic E-state index is 12.5. The van der Waals surface area contributed by atoms with Crippen LogP contribution in [0.2, 0.25) is 0 Å². The molecule has 0 aliphatic heterocycles. The lowest BCUT2D eigenvalue weighted by molar-refractivity contribution is -0.137. The molecule has 0 aliphatic carbocycles. The molecule has 6 heteroatoms. The normalized spacial score (nSPS) is 12.2. The van der Waals surface area contributed by atoms with Crippen LogP contribution in [0, 0.1) is 6.92 Å². The molecule has 3 aromatic rings. The average Bonchev–Trinajstić information content (AvgIpc) is 2.85. The first-order valence-corrected chi connectivity index (χ1v) is 6.38. The van der Waals surface area contributed by atoms with E-state index in [1.807, 2.05) is 23.7 Å². The van der Waals surface area contributed by atoms with Gasteiger partial charge in [0.15, 0.2) is 4.96 Å². The highest BCUT2D eigenvalue weighted by Gasteiger charge is 2.30. The van der Waals surface area contributed by atoms with E-state index in [4.69, 9.17) is 0 Å². The molecule has 1 aromatic carbocycles. The first-order valence-electron chi connectivity index (χ1n) is 5.56. The van der Waals surface area contributed by atoms with Crippen molar-refractivity contribution < 1.29 is 13.2 Å². The molecule has 0 amide bonds. The highest BCUT2D eigenvalue weighted by molar-refractivity contribution is 7.17. The molecule has 0 saturated carbocycles. The number of imidazole rings is 1. The summed E-state index contributed by atoms with van der Waals surface area (Å²) in [5.41, 5.74) is 0.717. The van der Waals surface area contributed by atoms with Crippen molar-refractivity contribution in [2.45, 2.75) is 13.1 Å². The number of halogens is 3. The number of alkyl halides is 3. The number of aryl methyl sites for hydroxylation is 1. The van der Waals surface area contributed by atoms with Crippen molar-refractivity contribution in [3.05, 3.63) is 47.1 Å². The first-order chi connectivity index (χ1) is 8.93. The van der Waals surface area contributed by atoms with Crippen molar-refractivity contribution in [3.63, 3.8) is 0 Å². The predicted octanol–water partition coefficient (Wildman–Crippen LogP) is 4.39. The second kappa shape index (κ2) is 4.09. The summed E-state index contributed by atoms with van der Waals surface area (Å²) in [6.07, 6.45) is -0.536. The topological polar surface area (TPSA) is 17.3 Å². The number of rotatable bonds is 1. The molecule has 0 spiro atoms. The van der Waals surface area contributed by atoms with Gasteiger partial charge in [0.1, 0.15) is 0 Å². The minimum Gasteiger partial charge on any atom is -0.297 e. The molecule has 2 nitrogen and oxygen atoms in total. The van der Waals surface area contributed by atoms with Crippen LogP contribution in [0.1, 0.15) is 10.4 Å². The van der Waals surface area contributed by atoms with Crippen molar-refractivity contribution in [2.24, 2.45) is 0 Å². The van der Waals surface area contributed by atoms with Crippen molar-refractivity contribution in [1.29, 1.82) is 0 Å². The molecule has 3 rings (SSSR count). The third-order valence-corrected chi connectivity index (χ3v) is 3.69. The van der Waals surface area contributed by atoms with Gasteiger partial charge in [-0.3, -0.25) is 4.40 Å². The van der Waals surface area contributed by atoms with Crippen LogP contribution < -0.4 is 0 Å². The Hall–Kier alpha value is -1.82. The van der Waals surface area contributed by atoms with Crippen molar-refractivity contribution in [2.75, 3.05) is 0 Å². The maximum Gasteiger partial charge on any atom is 0.416 e. The summed E-state index contributed by atoms with van der Waals surface area (Å²) in [6, 6.07) is 5.05. The standard InChI is InChI=1S/C13H9F3N2S/c1-8-6-18-7-11(17-12(18)19-8)9-2-4-10(5-3-9)13(14,15)16/h2-7H,1H3. The molecule has 0 atom stereocenters. The number of hydrogen-bond acceptors (Lipinski definition) is 2. The van der Waals surface area contributed by atoms with E-state index in [2.05, 4.69) is 4.98 Å². The third-order valence-electron chi connectivity index (χ3n) is 2.78. The number of aromatic nitrogens is 2. The van der Waals surface area contributed by atoms with Gasteiger partial charge in [-0.2, -0.15) is 13.2 Å². The summed E-state index contributed by atoms with van der Waals surface area (Å²) in [5.74, 6) is 0. The van der Waals surface area contributed by atoms with Crippen LogP contribution >= 0.6 is 11.3 Å². The van der Waals surface area contributed by atoms with Crippen LogP contribution in [0.5, 0.6) is 0 Å². The lowest BCUT2D eigenvalue weighted by Gasteiger charge is -2.06. The van der Waals surface area contributed by atoms with Gasteiger partial charge < -0.3 is 0 Å². The lowest BCUT2D eigenvalue weighted by Crippen LogP contribution is -2.03. The van der Waals surface area contributed by atoms with E-state index in [9.17, 15) is 13.2 Å². The number of hydrogen-bond donors (Lipinski definition) is 0. The van der Waals surface area contributed by atoms with E-state index in [0.29, 0.717) is 11.3 Å². The molecule has 98 valence electrons. The Bertz CT molecular complexity index is 691. The van der Waals surface area contributed by atoms with Gasteiger partial charge in [0.05, 0.1) is 11.3 Å². The van der Waals surface area contributed by atoms with Crippen molar-refractivity contribution in [1.82, 2.24) is 9.38 Å². The van der Waals surface area contributed by atoms with Crippen LogP contribution in [-0.4, -0.2) is 9.38 Å². The van der Waals surface area contributed by atoms with Crippen molar-refractivity contribution in [3.8, 4) is 11.3 Å². The van der Waals surface area contributed by atoms with E-state index in [1.165, 1.54) is 12.1 Å². The summed E-state index contributed by atoms with van der Waals surface area (Å²) in [6.45, 7) is 1.98. The predicted molar refractivity (Wildman–Crippen MR) is 68.2 cm³/mol. The Morgan fingerprint density at radius 2 is 1.79 bits per heavy atom. The Labute approximate surface area is 111 Å². The minimum absolute atomic E-state index is 0.645. The van der Waals surface area contributed by atoms with Gasteiger partial charge in [0, 0.05) is 22.8 Å². The SMILES string of the molecule is Cc1cn2cc(-c3ccc(C(F)(F)F)cc3)nc2s1. The smallest absolute Gasteiger partial charge is 0.297 e. The van der Waals surface area contributed by atoms with Crippen LogP contribution in [0.25, 0.3) is 16.2 Å². The van der Waals surface area contributed by atoms with Gasteiger partial charge in [0.25, 0.3) is 0 Å². The maximum absolute atomic E-state index is 12.5. The summed E-state index contributed by atoms with van der Waals surface area (Å²) in [4.78, 5) is 6.38. The fourth-order valence-electron chi connectivity index (χ4n) is 1.88. The summed E-state index contributed by atoms with van der Waals surface area (Å²) in [5, 5.41) is 0. The molecule has 0 fully saturated rings. The fourth-order valence-corrected chi connectivity index (χ4v) is 2.69. The second-order valence-corrected chi connectivity index (χ2v) is 5.45. The molecule has 19 heavy (non-hydrogen) atoms. The molecule has 2 heterocycles. The van der Waals surface area contributed by atoms with Crippen LogP contribution in [0.3, 0.4) is 0 Å². The number of nitrogens with zero attached hydrogens (tertiary/aromatic N) is 2. The highest BCUT2D eigenvalue weighted by Crippen LogP contribution is 2.31. The van der Waals surface area contributed by atoms with Crippen molar-refractivity contribution >= 4 is 16.3 Å². The highest BCUT2D eigenvalue weighted by atomic mass is 32.1. The van der Waals surface area contributed by atoms with Gasteiger partial charge in [-0.05, 0) is 19.1 Å². The molecule has 2 aromatic heterocycles. The molecule has 0 unspecified atom stereocenters. The van der Waals surface area contributed by atoms with Crippen LogP contribution in [0.4, 0.5) is 13.2 Å². The zero-order chi connectivity index (χ0) is 13.6. The molecule has 0 radical (unpaired) electrons. The third kappa shape index (κ3) is 2.23. The summed E-state index contributed by atoms with van der Waals surface area (Å²) in [7, 11) is 0. The Balaban J connectivity index is 1.99. The molecule has 0 bridgehead atoms. The summed E-state index contributed by atoms with van der Waals surface area (Å²) >= 11 is 1.55. The van der Waals surface area contributed by atoms with E-state index < -0.39 is 11.7 Å². The zero-order valence-corrected chi connectivity index (χ0v) is 10.7. The zero-order valence-electron chi connectivity index (χ0n) is 9.90. The molecular weight excluding hydrogens is 273 g/mol. The van der Waals surface area contributed by atoms with E-state index in [-0.39, 0.29) is 0 Å².